The Bertz CT molecular complexity index is 859. The maximum Gasteiger partial charge on any atom is 0.320 e. The quantitative estimate of drug-likeness (QED) is 0.441. The van der Waals surface area contributed by atoms with Crippen LogP contribution in [0.1, 0.15) is 23.6 Å². The predicted molar refractivity (Wildman–Crippen MR) is 118 cm³/mol. The van der Waals surface area contributed by atoms with Crippen LogP contribution in [0, 0.1) is 0 Å². The van der Waals surface area contributed by atoms with Gasteiger partial charge in [-0.3, -0.25) is 9.69 Å². The highest BCUT2D eigenvalue weighted by molar-refractivity contribution is 5.86. The van der Waals surface area contributed by atoms with Crippen molar-refractivity contribution in [3.63, 3.8) is 0 Å². The number of hydrogen-bond donors (Lipinski definition) is 0. The lowest BCUT2D eigenvalue weighted by Gasteiger charge is -2.19. The lowest BCUT2D eigenvalue weighted by Crippen LogP contribution is -2.28. The van der Waals surface area contributed by atoms with Gasteiger partial charge in [-0.2, -0.15) is 0 Å². The highest BCUT2D eigenvalue weighted by atomic mass is 16.5. The Balaban J connectivity index is 2.45. The first-order valence-corrected chi connectivity index (χ1v) is 9.51. The molecule has 2 aromatic carbocycles. The molecule has 0 radical (unpaired) electrons. The Labute approximate surface area is 173 Å². The maximum absolute atomic E-state index is 11.9. The fraction of sp³-hybridized carbons (Fsp3) is 0.292. The van der Waals surface area contributed by atoms with Crippen LogP contribution in [-0.4, -0.2) is 51.8 Å². The van der Waals surface area contributed by atoms with Crippen LogP contribution >= 0.6 is 0 Å². The summed E-state index contributed by atoms with van der Waals surface area (Å²) < 4.78 is 15.9. The summed E-state index contributed by atoms with van der Waals surface area (Å²) in [5, 5.41) is 0. The van der Waals surface area contributed by atoms with Gasteiger partial charge in [-0.05, 0) is 54.4 Å². The molecular formula is C24H29NO4. The Kier molecular flexibility index (Phi) is 8.49. The minimum atomic E-state index is -0.236. The van der Waals surface area contributed by atoms with Crippen molar-refractivity contribution < 1.29 is 19.0 Å². The second-order valence-corrected chi connectivity index (χ2v) is 6.55. The van der Waals surface area contributed by atoms with E-state index in [0.717, 1.165) is 22.3 Å². The molecular weight excluding hydrogens is 366 g/mol. The van der Waals surface area contributed by atoms with E-state index in [0.29, 0.717) is 24.7 Å². The third-order valence-corrected chi connectivity index (χ3v) is 4.43. The highest BCUT2D eigenvalue weighted by Gasteiger charge is 2.13. The Morgan fingerprint density at radius 1 is 1.03 bits per heavy atom. The van der Waals surface area contributed by atoms with Crippen LogP contribution in [-0.2, 0) is 9.53 Å². The fourth-order valence-corrected chi connectivity index (χ4v) is 3.05. The highest BCUT2D eigenvalue weighted by Crippen LogP contribution is 2.33. The van der Waals surface area contributed by atoms with E-state index in [1.54, 1.807) is 27.2 Å². The molecule has 0 fully saturated rings. The summed E-state index contributed by atoms with van der Waals surface area (Å²) in [4.78, 5) is 13.8. The van der Waals surface area contributed by atoms with Crippen molar-refractivity contribution in [1.82, 2.24) is 4.90 Å². The molecule has 0 atom stereocenters. The zero-order chi connectivity index (χ0) is 21.2. The first-order chi connectivity index (χ1) is 14.0. The second kappa shape index (κ2) is 11.1. The van der Waals surface area contributed by atoms with E-state index < -0.39 is 0 Å². The summed E-state index contributed by atoms with van der Waals surface area (Å²) in [6.07, 6.45) is 3.88. The van der Waals surface area contributed by atoms with Crippen molar-refractivity contribution in [2.24, 2.45) is 0 Å². The number of likely N-dealkylation sites (N-methyl/N-ethyl adjacent to an activating group) is 1. The minimum Gasteiger partial charge on any atom is -0.493 e. The molecule has 5 heteroatoms. The number of carbonyl (C=O) groups excluding carboxylic acids is 1. The van der Waals surface area contributed by atoms with Crippen LogP contribution in [0.3, 0.4) is 0 Å². The lowest BCUT2D eigenvalue weighted by molar-refractivity contribution is -0.143. The Morgan fingerprint density at radius 3 is 2.21 bits per heavy atom. The van der Waals surface area contributed by atoms with Gasteiger partial charge in [0.1, 0.15) is 0 Å². The Morgan fingerprint density at radius 2 is 1.66 bits per heavy atom. The molecule has 0 saturated heterocycles. The van der Waals surface area contributed by atoms with Crippen LogP contribution < -0.4 is 9.47 Å². The van der Waals surface area contributed by atoms with Gasteiger partial charge in [0.15, 0.2) is 11.5 Å². The zero-order valence-electron chi connectivity index (χ0n) is 17.6. The summed E-state index contributed by atoms with van der Waals surface area (Å²) in [5.41, 5.74) is 4.03. The normalized spacial score (nSPS) is 11.3. The van der Waals surface area contributed by atoms with Crippen molar-refractivity contribution in [3.05, 3.63) is 65.7 Å². The van der Waals surface area contributed by atoms with Crippen molar-refractivity contribution >= 4 is 23.7 Å². The molecule has 0 amide bonds. The fourth-order valence-electron chi connectivity index (χ4n) is 3.05. The number of benzene rings is 2. The van der Waals surface area contributed by atoms with Gasteiger partial charge in [0.25, 0.3) is 0 Å². The maximum atomic E-state index is 11.9. The number of rotatable bonds is 10. The van der Waals surface area contributed by atoms with Gasteiger partial charge in [0.05, 0.1) is 27.4 Å². The largest absolute Gasteiger partial charge is 0.493 e. The summed E-state index contributed by atoms with van der Waals surface area (Å²) in [5.74, 6) is 1.07. The SMILES string of the molecule is C=Cc1cc(OC)c(OC)cc1/C=C(/CN(C)CC(=O)OCC)c1ccccc1. The molecule has 0 unspecified atom stereocenters. The number of methoxy groups -OCH3 is 2. The molecule has 0 bridgehead atoms. The molecule has 0 heterocycles. The molecule has 0 aromatic heterocycles. The van der Waals surface area contributed by atoms with E-state index in [1.807, 2.05) is 42.3 Å². The molecule has 5 nitrogen and oxygen atoms in total. The zero-order valence-corrected chi connectivity index (χ0v) is 17.6. The molecule has 29 heavy (non-hydrogen) atoms. The van der Waals surface area contributed by atoms with Crippen LogP contribution in [0.4, 0.5) is 0 Å². The molecule has 2 aromatic rings. The average Bonchev–Trinajstić information content (AvgIpc) is 2.73. The van der Waals surface area contributed by atoms with Gasteiger partial charge in [-0.1, -0.05) is 43.0 Å². The first-order valence-electron chi connectivity index (χ1n) is 9.51. The van der Waals surface area contributed by atoms with Gasteiger partial charge in [0, 0.05) is 6.54 Å². The van der Waals surface area contributed by atoms with Gasteiger partial charge in [-0.15, -0.1) is 0 Å². The minimum absolute atomic E-state index is 0.220. The second-order valence-electron chi connectivity index (χ2n) is 6.55. The van der Waals surface area contributed by atoms with Gasteiger partial charge < -0.3 is 14.2 Å². The average molecular weight is 395 g/mol. The summed E-state index contributed by atoms with van der Waals surface area (Å²) in [7, 11) is 5.13. The van der Waals surface area contributed by atoms with Gasteiger partial charge in [0.2, 0.25) is 0 Å². The number of nitrogens with zero attached hydrogens (tertiary/aromatic N) is 1. The third-order valence-electron chi connectivity index (χ3n) is 4.43. The molecule has 0 spiro atoms. The molecule has 0 aliphatic rings. The van der Waals surface area contributed by atoms with E-state index >= 15 is 0 Å². The molecule has 2 rings (SSSR count). The molecule has 0 N–H and O–H groups in total. The molecule has 0 aliphatic carbocycles. The smallest absolute Gasteiger partial charge is 0.320 e. The number of hydrogen-bond acceptors (Lipinski definition) is 5. The van der Waals surface area contributed by atoms with E-state index in [-0.39, 0.29) is 12.5 Å². The van der Waals surface area contributed by atoms with E-state index in [4.69, 9.17) is 14.2 Å². The summed E-state index contributed by atoms with van der Waals surface area (Å²) in [6.45, 7) is 6.91. The first kappa shape index (κ1) is 22.2. The standard InChI is InChI=1S/C24H29NO4/c1-6-18-14-22(27-4)23(28-5)15-20(18)13-21(19-11-9-8-10-12-19)16-25(3)17-24(26)29-7-2/h6,8-15H,1,7,16-17H2,2-5H3/b21-13-. The van der Waals surface area contributed by atoms with Gasteiger partial charge in [-0.25, -0.2) is 0 Å². The van der Waals surface area contributed by atoms with Crippen molar-refractivity contribution in [2.45, 2.75) is 6.92 Å². The van der Waals surface area contributed by atoms with Crippen molar-refractivity contribution in [3.8, 4) is 11.5 Å². The molecule has 0 aliphatic heterocycles. The van der Waals surface area contributed by atoms with Crippen LogP contribution in [0.15, 0.2) is 49.0 Å². The summed E-state index contributed by atoms with van der Waals surface area (Å²) in [6, 6.07) is 13.9. The van der Waals surface area contributed by atoms with E-state index in [9.17, 15) is 4.79 Å². The summed E-state index contributed by atoms with van der Waals surface area (Å²) >= 11 is 0. The van der Waals surface area contributed by atoms with Crippen LogP contribution in [0.2, 0.25) is 0 Å². The van der Waals surface area contributed by atoms with Gasteiger partial charge >= 0.3 is 5.97 Å². The third kappa shape index (κ3) is 6.22. The number of carbonyl (C=O) groups is 1. The van der Waals surface area contributed by atoms with Crippen molar-refractivity contribution in [2.75, 3.05) is 41.0 Å². The Hall–Kier alpha value is -3.05. The molecule has 0 saturated carbocycles. The monoisotopic (exact) mass is 395 g/mol. The van der Waals surface area contributed by atoms with Crippen molar-refractivity contribution in [1.29, 1.82) is 0 Å². The molecule has 154 valence electrons. The topological polar surface area (TPSA) is 48.0 Å². The van der Waals surface area contributed by atoms with Crippen LogP contribution in [0.5, 0.6) is 11.5 Å². The number of esters is 1. The van der Waals surface area contributed by atoms with E-state index in [2.05, 4.69) is 24.8 Å². The predicted octanol–water partition coefficient (Wildman–Crippen LogP) is 4.38. The van der Waals surface area contributed by atoms with E-state index in [1.165, 1.54) is 0 Å². The lowest BCUT2D eigenvalue weighted by atomic mass is 9.98. The number of ether oxygens (including phenoxy) is 3. The van der Waals surface area contributed by atoms with Crippen LogP contribution in [0.25, 0.3) is 17.7 Å².